The van der Waals surface area contributed by atoms with Crippen molar-refractivity contribution >= 4 is 5.97 Å². The minimum Gasteiger partial charge on any atom is -0.426 e. The number of benzene rings is 1. The maximum Gasteiger partial charge on any atom is 0.315 e. The molecule has 1 unspecified atom stereocenters. The fourth-order valence-corrected chi connectivity index (χ4v) is 2.70. The minimum absolute atomic E-state index is 0.144. The van der Waals surface area contributed by atoms with Crippen molar-refractivity contribution in [3.05, 3.63) is 42.0 Å². The number of carbonyl (C=O) groups excluding carboxylic acids is 1. The number of carbonyl (C=O) groups is 1. The smallest absolute Gasteiger partial charge is 0.315 e. The normalized spacial score (nSPS) is 18.4. The third-order valence-electron chi connectivity index (χ3n) is 3.93. The van der Waals surface area contributed by atoms with Crippen LogP contribution in [0.3, 0.4) is 0 Å². The first-order valence-corrected chi connectivity index (χ1v) is 7.71. The van der Waals surface area contributed by atoms with Gasteiger partial charge in [-0.25, -0.2) is 0 Å². The maximum atomic E-state index is 11.9. The topological polar surface area (TPSA) is 26.3 Å². The van der Waals surface area contributed by atoms with Crippen molar-refractivity contribution in [1.29, 1.82) is 0 Å². The van der Waals surface area contributed by atoms with Crippen LogP contribution in [0, 0.1) is 5.92 Å². The van der Waals surface area contributed by atoms with Gasteiger partial charge in [0.05, 0.1) is 6.42 Å². The first-order chi connectivity index (χ1) is 9.78. The van der Waals surface area contributed by atoms with E-state index in [9.17, 15) is 4.79 Å². The summed E-state index contributed by atoms with van der Waals surface area (Å²) in [4.78, 5) is 11.9. The second-order valence-electron chi connectivity index (χ2n) is 5.61. The van der Waals surface area contributed by atoms with Crippen LogP contribution in [-0.4, -0.2) is 5.97 Å². The summed E-state index contributed by atoms with van der Waals surface area (Å²) in [5.41, 5.74) is 1.25. The summed E-state index contributed by atoms with van der Waals surface area (Å²) in [6, 6.07) is 9.29. The first kappa shape index (κ1) is 14.8. The molecular weight excluding hydrogens is 248 g/mol. The van der Waals surface area contributed by atoms with Gasteiger partial charge in [-0.1, -0.05) is 56.0 Å². The summed E-state index contributed by atoms with van der Waals surface area (Å²) in [5.74, 6) is 1.31. The molecule has 2 nitrogen and oxygen atoms in total. The lowest BCUT2D eigenvalue weighted by molar-refractivity contribution is -0.133. The molecule has 108 valence electrons. The average molecular weight is 272 g/mol. The van der Waals surface area contributed by atoms with E-state index in [0.29, 0.717) is 12.2 Å². The lowest BCUT2D eigenvalue weighted by Gasteiger charge is -2.21. The molecule has 1 aliphatic carbocycles. The fraction of sp³-hybridized carbons (Fsp3) is 0.500. The van der Waals surface area contributed by atoms with Crippen LogP contribution in [0.15, 0.2) is 42.0 Å². The zero-order chi connectivity index (χ0) is 14.2. The molecule has 1 aromatic carbocycles. The van der Waals surface area contributed by atoms with Gasteiger partial charge in [0.2, 0.25) is 0 Å². The first-order valence-electron chi connectivity index (χ1n) is 7.71. The van der Waals surface area contributed by atoms with Crippen LogP contribution in [-0.2, 0) is 4.79 Å². The zero-order valence-electron chi connectivity index (χ0n) is 12.3. The molecule has 0 N–H and O–H groups in total. The van der Waals surface area contributed by atoms with Gasteiger partial charge in [0.15, 0.2) is 0 Å². The van der Waals surface area contributed by atoms with Gasteiger partial charge in [-0.15, -0.1) is 0 Å². The molecule has 0 aromatic heterocycles. The van der Waals surface area contributed by atoms with Gasteiger partial charge in [0.1, 0.15) is 5.75 Å². The summed E-state index contributed by atoms with van der Waals surface area (Å²) in [7, 11) is 0. The van der Waals surface area contributed by atoms with Crippen LogP contribution < -0.4 is 4.74 Å². The Morgan fingerprint density at radius 3 is 2.75 bits per heavy atom. The van der Waals surface area contributed by atoms with E-state index < -0.39 is 0 Å². The molecule has 1 aliphatic rings. The molecule has 20 heavy (non-hydrogen) atoms. The number of ether oxygens (including phenoxy) is 1. The van der Waals surface area contributed by atoms with E-state index in [2.05, 4.69) is 13.0 Å². The predicted molar refractivity (Wildman–Crippen MR) is 81.6 cm³/mol. The Morgan fingerprint density at radius 2 is 2.10 bits per heavy atom. The van der Waals surface area contributed by atoms with Gasteiger partial charge in [-0.2, -0.15) is 0 Å². The van der Waals surface area contributed by atoms with Crippen molar-refractivity contribution in [1.82, 2.24) is 0 Å². The van der Waals surface area contributed by atoms with E-state index in [4.69, 9.17) is 4.74 Å². The molecule has 0 spiro atoms. The van der Waals surface area contributed by atoms with Crippen LogP contribution in [0.4, 0.5) is 0 Å². The van der Waals surface area contributed by atoms with E-state index in [1.54, 1.807) is 0 Å². The van der Waals surface area contributed by atoms with Crippen molar-refractivity contribution in [3.8, 4) is 5.75 Å². The highest BCUT2D eigenvalue weighted by atomic mass is 16.5. The van der Waals surface area contributed by atoms with Gasteiger partial charge < -0.3 is 4.74 Å². The van der Waals surface area contributed by atoms with Crippen LogP contribution >= 0.6 is 0 Å². The molecule has 0 bridgehead atoms. The third-order valence-corrected chi connectivity index (χ3v) is 3.93. The van der Waals surface area contributed by atoms with Crippen LogP contribution in [0.2, 0.25) is 0 Å². The number of rotatable bonds is 6. The Labute approximate surface area is 121 Å². The standard InChI is InChI=1S/C18H24O2/c1-2-3-7-15-10-12-16(13-11-15)14-18(19)20-17-8-5-4-6-9-17/h4-6,8-9,12,15H,2-3,7,10-11,13-14H2,1H3. The molecule has 0 aliphatic heterocycles. The third kappa shape index (κ3) is 4.84. The second-order valence-corrected chi connectivity index (χ2v) is 5.61. The maximum absolute atomic E-state index is 11.9. The summed E-state index contributed by atoms with van der Waals surface area (Å²) in [5, 5.41) is 0. The quantitative estimate of drug-likeness (QED) is 0.418. The molecular formula is C18H24O2. The van der Waals surface area contributed by atoms with Crippen molar-refractivity contribution in [2.24, 2.45) is 5.92 Å². The van der Waals surface area contributed by atoms with E-state index in [-0.39, 0.29) is 5.97 Å². The minimum atomic E-state index is -0.144. The monoisotopic (exact) mass is 272 g/mol. The Balaban J connectivity index is 1.76. The van der Waals surface area contributed by atoms with E-state index in [0.717, 1.165) is 18.8 Å². The lowest BCUT2D eigenvalue weighted by Crippen LogP contribution is -2.12. The molecule has 0 heterocycles. The van der Waals surface area contributed by atoms with Crippen LogP contribution in [0.1, 0.15) is 51.9 Å². The number of para-hydroxylation sites is 1. The van der Waals surface area contributed by atoms with Crippen molar-refractivity contribution in [2.75, 3.05) is 0 Å². The van der Waals surface area contributed by atoms with Gasteiger partial charge >= 0.3 is 5.97 Å². The molecule has 0 amide bonds. The highest BCUT2D eigenvalue weighted by Gasteiger charge is 2.16. The molecule has 0 saturated carbocycles. The van der Waals surface area contributed by atoms with E-state index >= 15 is 0 Å². The molecule has 1 atom stereocenters. The van der Waals surface area contributed by atoms with Crippen molar-refractivity contribution < 1.29 is 9.53 Å². The SMILES string of the molecule is CCCCC1CC=C(CC(=O)Oc2ccccc2)CC1. The van der Waals surface area contributed by atoms with Gasteiger partial charge in [-0.3, -0.25) is 4.79 Å². The van der Waals surface area contributed by atoms with Crippen molar-refractivity contribution in [3.63, 3.8) is 0 Å². The van der Waals surface area contributed by atoms with Gasteiger partial charge in [0.25, 0.3) is 0 Å². The number of allylic oxidation sites excluding steroid dienone is 1. The lowest BCUT2D eigenvalue weighted by atomic mass is 9.85. The summed E-state index contributed by atoms with van der Waals surface area (Å²) in [6.07, 6.45) is 10.0. The summed E-state index contributed by atoms with van der Waals surface area (Å²) >= 11 is 0. The van der Waals surface area contributed by atoms with Crippen molar-refractivity contribution in [2.45, 2.75) is 51.9 Å². The van der Waals surface area contributed by atoms with Gasteiger partial charge in [-0.05, 0) is 37.3 Å². The summed E-state index contributed by atoms with van der Waals surface area (Å²) in [6.45, 7) is 2.24. The molecule has 2 rings (SSSR count). The van der Waals surface area contributed by atoms with Gasteiger partial charge in [0, 0.05) is 0 Å². The Bertz CT molecular complexity index is 448. The van der Waals surface area contributed by atoms with E-state index in [1.165, 1.54) is 31.3 Å². The highest BCUT2D eigenvalue weighted by Crippen LogP contribution is 2.29. The molecule has 2 heteroatoms. The fourth-order valence-electron chi connectivity index (χ4n) is 2.70. The molecule has 1 aromatic rings. The molecule has 0 saturated heterocycles. The second kappa shape index (κ2) is 7.88. The predicted octanol–water partition coefficient (Wildman–Crippen LogP) is 4.90. The van der Waals surface area contributed by atoms with E-state index in [1.807, 2.05) is 30.3 Å². The largest absolute Gasteiger partial charge is 0.426 e. The number of esters is 1. The Kier molecular flexibility index (Phi) is 5.85. The molecule has 0 fully saturated rings. The molecule has 0 radical (unpaired) electrons. The number of hydrogen-bond donors (Lipinski definition) is 0. The van der Waals surface area contributed by atoms with Crippen LogP contribution in [0.25, 0.3) is 0 Å². The Hall–Kier alpha value is -1.57. The van der Waals surface area contributed by atoms with Crippen LogP contribution in [0.5, 0.6) is 5.75 Å². The Morgan fingerprint density at radius 1 is 1.30 bits per heavy atom. The highest BCUT2D eigenvalue weighted by molar-refractivity contribution is 5.75. The average Bonchev–Trinajstić information content (AvgIpc) is 2.47. The summed E-state index contributed by atoms with van der Waals surface area (Å²) < 4.78 is 5.33. The zero-order valence-corrected chi connectivity index (χ0v) is 12.3. The number of unbranched alkanes of at least 4 members (excludes halogenated alkanes) is 1. The number of hydrogen-bond acceptors (Lipinski definition) is 2.